The number of thiol groups is 1. The van der Waals surface area contributed by atoms with E-state index < -0.39 is 0 Å². The summed E-state index contributed by atoms with van der Waals surface area (Å²) in [5.74, 6) is 3.26. The van der Waals surface area contributed by atoms with Crippen LogP contribution in [0.3, 0.4) is 0 Å². The fourth-order valence-electron chi connectivity index (χ4n) is 4.14. The van der Waals surface area contributed by atoms with Crippen LogP contribution in [0.5, 0.6) is 0 Å². The number of fused-ring (bicyclic) bond motifs is 5. The molecular formula is C10H16S2. The highest BCUT2D eigenvalue weighted by atomic mass is 33.1. The smallest absolute Gasteiger partial charge is 0.0295 e. The van der Waals surface area contributed by atoms with E-state index in [1.165, 1.54) is 38.5 Å². The van der Waals surface area contributed by atoms with E-state index in [2.05, 4.69) is 11.7 Å². The molecule has 2 bridgehead atoms. The van der Waals surface area contributed by atoms with Gasteiger partial charge in [0.05, 0.1) is 0 Å². The van der Waals surface area contributed by atoms with E-state index in [1.807, 2.05) is 10.8 Å². The first-order valence-corrected chi connectivity index (χ1v) is 7.05. The van der Waals surface area contributed by atoms with E-state index in [-0.39, 0.29) is 0 Å². The van der Waals surface area contributed by atoms with Gasteiger partial charge in [0.2, 0.25) is 0 Å². The Hall–Kier alpha value is 0.700. The first-order valence-electron chi connectivity index (χ1n) is 5.18. The molecule has 0 nitrogen and oxygen atoms in total. The molecule has 0 amide bonds. The number of rotatable bonds is 1. The van der Waals surface area contributed by atoms with Gasteiger partial charge in [0, 0.05) is 4.75 Å². The lowest BCUT2D eigenvalue weighted by Crippen LogP contribution is -2.29. The average Bonchev–Trinajstić information content (AvgIpc) is 2.76. The molecule has 0 radical (unpaired) electrons. The van der Waals surface area contributed by atoms with Gasteiger partial charge in [-0.25, -0.2) is 0 Å². The standard InChI is InChI=1S/C10H16S2/c11-12-10-5-4-7(6-10)8-2-1-3-9(8)10/h7-9,11H,1-6H2. The molecule has 3 saturated carbocycles. The largest absolute Gasteiger partial charge is 0.111 e. The van der Waals surface area contributed by atoms with Crippen molar-refractivity contribution >= 4 is 22.5 Å². The molecule has 3 aliphatic rings. The molecular weight excluding hydrogens is 184 g/mol. The highest BCUT2D eigenvalue weighted by molar-refractivity contribution is 8.69. The van der Waals surface area contributed by atoms with Gasteiger partial charge < -0.3 is 0 Å². The predicted molar refractivity (Wildman–Crippen MR) is 57.5 cm³/mol. The Labute approximate surface area is 83.7 Å². The summed E-state index contributed by atoms with van der Waals surface area (Å²) in [6, 6.07) is 0. The normalized spacial score (nSPS) is 56.2. The van der Waals surface area contributed by atoms with E-state index in [4.69, 9.17) is 0 Å². The maximum absolute atomic E-state index is 4.51. The van der Waals surface area contributed by atoms with Gasteiger partial charge in [0.25, 0.3) is 0 Å². The topological polar surface area (TPSA) is 0 Å². The molecule has 0 spiro atoms. The lowest BCUT2D eigenvalue weighted by molar-refractivity contribution is 0.277. The van der Waals surface area contributed by atoms with Crippen LogP contribution in [-0.2, 0) is 0 Å². The fourth-order valence-corrected chi connectivity index (χ4v) is 5.97. The van der Waals surface area contributed by atoms with Crippen molar-refractivity contribution in [2.24, 2.45) is 17.8 Å². The van der Waals surface area contributed by atoms with Crippen molar-refractivity contribution in [2.45, 2.75) is 43.3 Å². The quantitative estimate of drug-likeness (QED) is 0.499. The van der Waals surface area contributed by atoms with E-state index in [0.717, 1.165) is 17.8 Å². The molecule has 4 unspecified atom stereocenters. The fraction of sp³-hybridized carbons (Fsp3) is 1.00. The zero-order chi connectivity index (χ0) is 8.18. The minimum absolute atomic E-state index is 0.634. The van der Waals surface area contributed by atoms with Gasteiger partial charge in [-0.15, -0.1) is 11.7 Å². The Morgan fingerprint density at radius 3 is 3.00 bits per heavy atom. The Morgan fingerprint density at radius 1 is 1.25 bits per heavy atom. The molecule has 3 aliphatic carbocycles. The van der Waals surface area contributed by atoms with Crippen LogP contribution >= 0.6 is 22.5 Å². The van der Waals surface area contributed by atoms with Gasteiger partial charge in [-0.2, -0.15) is 0 Å². The van der Waals surface area contributed by atoms with Crippen molar-refractivity contribution in [2.75, 3.05) is 0 Å². The SMILES string of the molecule is SSC12CCC(C1)C1CCCC12. The summed E-state index contributed by atoms with van der Waals surface area (Å²) in [4.78, 5) is 0. The van der Waals surface area contributed by atoms with E-state index >= 15 is 0 Å². The third kappa shape index (κ3) is 0.836. The summed E-state index contributed by atoms with van der Waals surface area (Å²) in [5, 5.41) is 0. The summed E-state index contributed by atoms with van der Waals surface area (Å²) in [5.41, 5.74) is 0. The van der Waals surface area contributed by atoms with Crippen molar-refractivity contribution in [3.05, 3.63) is 0 Å². The lowest BCUT2D eigenvalue weighted by atomic mass is 9.81. The summed E-state index contributed by atoms with van der Waals surface area (Å²) in [6.07, 6.45) is 9.01. The van der Waals surface area contributed by atoms with E-state index in [0.29, 0.717) is 4.75 Å². The van der Waals surface area contributed by atoms with Gasteiger partial charge in [-0.3, -0.25) is 0 Å². The third-order valence-electron chi connectivity index (χ3n) is 4.58. The van der Waals surface area contributed by atoms with Crippen molar-refractivity contribution < 1.29 is 0 Å². The monoisotopic (exact) mass is 200 g/mol. The molecule has 3 rings (SSSR count). The van der Waals surface area contributed by atoms with Crippen molar-refractivity contribution in [1.82, 2.24) is 0 Å². The van der Waals surface area contributed by atoms with Crippen LogP contribution in [-0.4, -0.2) is 4.75 Å². The van der Waals surface area contributed by atoms with Crippen LogP contribution in [0.1, 0.15) is 38.5 Å². The Balaban J connectivity index is 1.95. The second-order valence-corrected chi connectivity index (χ2v) is 6.40. The molecule has 0 saturated heterocycles. The molecule has 68 valence electrons. The predicted octanol–water partition coefficient (Wildman–Crippen LogP) is 3.53. The molecule has 3 fully saturated rings. The Bertz CT molecular complexity index is 204. The van der Waals surface area contributed by atoms with E-state index in [9.17, 15) is 0 Å². The molecule has 0 heterocycles. The molecule has 2 heteroatoms. The second kappa shape index (κ2) is 2.60. The second-order valence-electron chi connectivity index (χ2n) is 4.86. The first kappa shape index (κ1) is 8.05. The van der Waals surface area contributed by atoms with Crippen molar-refractivity contribution in [3.8, 4) is 0 Å². The lowest BCUT2D eigenvalue weighted by Gasteiger charge is -2.33. The third-order valence-corrected chi connectivity index (χ3v) is 6.71. The number of hydrogen-bond donors (Lipinski definition) is 1. The zero-order valence-electron chi connectivity index (χ0n) is 7.33. The zero-order valence-corrected chi connectivity index (χ0v) is 9.04. The van der Waals surface area contributed by atoms with Crippen molar-refractivity contribution in [3.63, 3.8) is 0 Å². The summed E-state index contributed by atoms with van der Waals surface area (Å²) >= 11 is 4.51. The minimum Gasteiger partial charge on any atom is -0.111 e. The van der Waals surface area contributed by atoms with Crippen LogP contribution in [0.15, 0.2) is 0 Å². The Morgan fingerprint density at radius 2 is 2.17 bits per heavy atom. The summed E-state index contributed by atoms with van der Waals surface area (Å²) in [6.45, 7) is 0. The molecule has 0 aromatic heterocycles. The maximum Gasteiger partial charge on any atom is 0.0295 e. The molecule has 4 atom stereocenters. The maximum atomic E-state index is 4.51. The first-order chi connectivity index (χ1) is 5.86. The highest BCUT2D eigenvalue weighted by Gasteiger charge is 2.58. The van der Waals surface area contributed by atoms with Crippen LogP contribution in [0.4, 0.5) is 0 Å². The molecule has 0 aromatic carbocycles. The molecule has 12 heavy (non-hydrogen) atoms. The van der Waals surface area contributed by atoms with Crippen LogP contribution in [0.2, 0.25) is 0 Å². The minimum atomic E-state index is 0.634. The van der Waals surface area contributed by atoms with Gasteiger partial charge in [0.15, 0.2) is 0 Å². The Kier molecular flexibility index (Phi) is 1.74. The summed E-state index contributed by atoms with van der Waals surface area (Å²) in [7, 11) is 1.89. The van der Waals surface area contributed by atoms with Gasteiger partial charge >= 0.3 is 0 Å². The average molecular weight is 200 g/mol. The van der Waals surface area contributed by atoms with Crippen LogP contribution in [0.25, 0.3) is 0 Å². The van der Waals surface area contributed by atoms with Crippen molar-refractivity contribution in [1.29, 1.82) is 0 Å². The van der Waals surface area contributed by atoms with Crippen LogP contribution in [0, 0.1) is 17.8 Å². The molecule has 0 aliphatic heterocycles. The van der Waals surface area contributed by atoms with Gasteiger partial charge in [-0.05, 0) is 49.9 Å². The van der Waals surface area contributed by atoms with E-state index in [1.54, 1.807) is 0 Å². The van der Waals surface area contributed by atoms with Crippen LogP contribution < -0.4 is 0 Å². The van der Waals surface area contributed by atoms with Gasteiger partial charge in [0.1, 0.15) is 0 Å². The van der Waals surface area contributed by atoms with Gasteiger partial charge in [-0.1, -0.05) is 17.2 Å². The molecule has 0 aromatic rings. The number of hydrogen-bond acceptors (Lipinski definition) is 2. The highest BCUT2D eigenvalue weighted by Crippen LogP contribution is 2.66. The summed E-state index contributed by atoms with van der Waals surface area (Å²) < 4.78 is 0.634. The molecule has 0 N–H and O–H groups in total.